The van der Waals surface area contributed by atoms with Gasteiger partial charge in [0.15, 0.2) is 11.5 Å². The van der Waals surface area contributed by atoms with Gasteiger partial charge in [0.25, 0.3) is 5.91 Å². The van der Waals surface area contributed by atoms with Gasteiger partial charge >= 0.3 is 0 Å². The fourth-order valence-electron chi connectivity index (χ4n) is 2.71. The predicted octanol–water partition coefficient (Wildman–Crippen LogP) is 4.07. The van der Waals surface area contributed by atoms with Gasteiger partial charge in [-0.15, -0.1) is 0 Å². The van der Waals surface area contributed by atoms with Gasteiger partial charge in [0.2, 0.25) is 11.7 Å². The second-order valence-corrected chi connectivity index (χ2v) is 6.35. The van der Waals surface area contributed by atoms with Crippen molar-refractivity contribution in [2.75, 3.05) is 20.8 Å². The summed E-state index contributed by atoms with van der Waals surface area (Å²) in [5.41, 5.74) is 1.23. The third-order valence-electron chi connectivity index (χ3n) is 4.18. The lowest BCUT2D eigenvalue weighted by Crippen LogP contribution is -2.30. The lowest BCUT2D eigenvalue weighted by Gasteiger charge is -2.18. The van der Waals surface area contributed by atoms with Crippen LogP contribution < -0.4 is 9.47 Å². The summed E-state index contributed by atoms with van der Waals surface area (Å²) in [6.07, 6.45) is 0. The predicted molar refractivity (Wildman–Crippen MR) is 105 cm³/mol. The van der Waals surface area contributed by atoms with Crippen molar-refractivity contribution in [3.05, 3.63) is 58.9 Å². The molecule has 0 aliphatic heterocycles. The molecule has 2 aromatic carbocycles. The van der Waals surface area contributed by atoms with Crippen molar-refractivity contribution in [2.45, 2.75) is 13.5 Å². The zero-order valence-electron chi connectivity index (χ0n) is 15.8. The maximum absolute atomic E-state index is 12.7. The zero-order valence-corrected chi connectivity index (χ0v) is 16.6. The van der Waals surface area contributed by atoms with Crippen LogP contribution in [0.1, 0.15) is 23.2 Å². The minimum atomic E-state index is -0.157. The molecular weight excluding hydrogens is 382 g/mol. The number of aromatic nitrogens is 2. The molecule has 3 rings (SSSR count). The molecule has 0 radical (unpaired) electrons. The zero-order chi connectivity index (χ0) is 20.1. The SMILES string of the molecule is CCN(Cc1nc(-c2ccc(OC)c(OC)c2)no1)C(=O)c1cccc(Cl)c1. The molecule has 0 aliphatic carbocycles. The minimum absolute atomic E-state index is 0.157. The van der Waals surface area contributed by atoms with Crippen molar-refractivity contribution in [1.82, 2.24) is 15.0 Å². The first-order valence-corrected chi connectivity index (χ1v) is 9.03. The molecule has 0 aliphatic rings. The fourth-order valence-corrected chi connectivity index (χ4v) is 2.90. The third kappa shape index (κ3) is 4.26. The summed E-state index contributed by atoms with van der Waals surface area (Å²) < 4.78 is 15.9. The summed E-state index contributed by atoms with van der Waals surface area (Å²) in [4.78, 5) is 18.7. The highest BCUT2D eigenvalue weighted by molar-refractivity contribution is 6.30. The Kier molecular flexibility index (Phi) is 6.16. The molecule has 8 heteroatoms. The third-order valence-corrected chi connectivity index (χ3v) is 4.41. The van der Waals surface area contributed by atoms with E-state index in [2.05, 4.69) is 10.1 Å². The van der Waals surface area contributed by atoms with Gasteiger partial charge in [-0.1, -0.05) is 22.8 Å². The fraction of sp³-hybridized carbons (Fsp3) is 0.250. The topological polar surface area (TPSA) is 77.7 Å². The number of halogens is 1. The van der Waals surface area contributed by atoms with Crippen LogP contribution in [-0.2, 0) is 6.54 Å². The summed E-state index contributed by atoms with van der Waals surface area (Å²) in [7, 11) is 3.13. The molecule has 0 unspecified atom stereocenters. The van der Waals surface area contributed by atoms with E-state index in [-0.39, 0.29) is 12.5 Å². The van der Waals surface area contributed by atoms with E-state index in [1.807, 2.05) is 13.0 Å². The number of rotatable bonds is 7. The van der Waals surface area contributed by atoms with E-state index in [9.17, 15) is 4.79 Å². The molecule has 0 N–H and O–H groups in total. The Morgan fingerprint density at radius 1 is 1.14 bits per heavy atom. The van der Waals surface area contributed by atoms with E-state index in [1.54, 1.807) is 55.5 Å². The summed E-state index contributed by atoms with van der Waals surface area (Å²) in [6.45, 7) is 2.57. The molecule has 0 saturated carbocycles. The van der Waals surface area contributed by atoms with Crippen molar-refractivity contribution in [3.63, 3.8) is 0 Å². The molecule has 1 amide bonds. The Hall–Kier alpha value is -3.06. The Balaban J connectivity index is 1.78. The molecule has 0 bridgehead atoms. The monoisotopic (exact) mass is 401 g/mol. The number of benzene rings is 2. The van der Waals surface area contributed by atoms with Crippen molar-refractivity contribution in [1.29, 1.82) is 0 Å². The number of carbonyl (C=O) groups excluding carboxylic acids is 1. The highest BCUT2D eigenvalue weighted by Crippen LogP contribution is 2.31. The van der Waals surface area contributed by atoms with Gasteiger partial charge < -0.3 is 18.9 Å². The molecular formula is C20H20ClN3O4. The second kappa shape index (κ2) is 8.75. The van der Waals surface area contributed by atoms with Gasteiger partial charge in [-0.3, -0.25) is 4.79 Å². The molecule has 1 heterocycles. The Morgan fingerprint density at radius 2 is 1.93 bits per heavy atom. The molecule has 3 aromatic rings. The number of hydrogen-bond donors (Lipinski definition) is 0. The Morgan fingerprint density at radius 3 is 2.61 bits per heavy atom. The van der Waals surface area contributed by atoms with Crippen molar-refractivity contribution in [2.24, 2.45) is 0 Å². The van der Waals surface area contributed by atoms with Crippen LogP contribution in [-0.4, -0.2) is 41.7 Å². The first-order chi connectivity index (χ1) is 13.5. The highest BCUT2D eigenvalue weighted by Gasteiger charge is 2.19. The van der Waals surface area contributed by atoms with Gasteiger partial charge in [0, 0.05) is 22.7 Å². The molecule has 146 valence electrons. The van der Waals surface area contributed by atoms with Crippen LogP contribution in [0.5, 0.6) is 11.5 Å². The van der Waals surface area contributed by atoms with Crippen molar-refractivity contribution in [3.8, 4) is 22.9 Å². The van der Waals surface area contributed by atoms with Gasteiger partial charge in [0.05, 0.1) is 14.2 Å². The maximum atomic E-state index is 12.7. The smallest absolute Gasteiger partial charge is 0.254 e. The first kappa shape index (κ1) is 19.7. The molecule has 0 saturated heterocycles. The largest absolute Gasteiger partial charge is 0.493 e. The van der Waals surface area contributed by atoms with E-state index in [0.29, 0.717) is 40.3 Å². The quantitative estimate of drug-likeness (QED) is 0.593. The summed E-state index contributed by atoms with van der Waals surface area (Å²) >= 11 is 5.98. The van der Waals surface area contributed by atoms with Crippen LogP contribution in [0.3, 0.4) is 0 Å². The van der Waals surface area contributed by atoms with Crippen LogP contribution in [0.2, 0.25) is 5.02 Å². The van der Waals surface area contributed by atoms with E-state index in [0.717, 1.165) is 5.56 Å². The first-order valence-electron chi connectivity index (χ1n) is 8.65. The van der Waals surface area contributed by atoms with Crippen molar-refractivity contribution >= 4 is 17.5 Å². The lowest BCUT2D eigenvalue weighted by molar-refractivity contribution is 0.0734. The average Bonchev–Trinajstić information content (AvgIpc) is 3.19. The standard InChI is InChI=1S/C20H20ClN3O4/c1-4-24(20(25)14-6-5-7-15(21)10-14)12-18-22-19(23-28-18)13-8-9-16(26-2)17(11-13)27-3/h5-11H,4,12H2,1-3H3. The minimum Gasteiger partial charge on any atom is -0.493 e. The normalized spacial score (nSPS) is 10.6. The molecule has 28 heavy (non-hydrogen) atoms. The second-order valence-electron chi connectivity index (χ2n) is 5.91. The van der Waals surface area contributed by atoms with Gasteiger partial charge in [0.1, 0.15) is 6.54 Å². The molecule has 0 atom stereocenters. The van der Waals surface area contributed by atoms with Crippen LogP contribution in [0.15, 0.2) is 47.0 Å². The van der Waals surface area contributed by atoms with E-state index in [1.165, 1.54) is 0 Å². The van der Waals surface area contributed by atoms with Gasteiger partial charge in [-0.2, -0.15) is 4.98 Å². The van der Waals surface area contributed by atoms with Gasteiger partial charge in [-0.25, -0.2) is 0 Å². The van der Waals surface area contributed by atoms with Gasteiger partial charge in [-0.05, 0) is 43.3 Å². The highest BCUT2D eigenvalue weighted by atomic mass is 35.5. The maximum Gasteiger partial charge on any atom is 0.254 e. The number of amides is 1. The van der Waals surface area contributed by atoms with Crippen LogP contribution in [0.4, 0.5) is 0 Å². The summed E-state index contributed by atoms with van der Waals surface area (Å²) in [6, 6.07) is 12.2. The summed E-state index contributed by atoms with van der Waals surface area (Å²) in [5, 5.41) is 4.52. The number of hydrogen-bond acceptors (Lipinski definition) is 6. The van der Waals surface area contributed by atoms with E-state index in [4.69, 9.17) is 25.6 Å². The van der Waals surface area contributed by atoms with Crippen LogP contribution in [0, 0.1) is 0 Å². The Bertz CT molecular complexity index is 974. The number of methoxy groups -OCH3 is 2. The summed E-state index contributed by atoms with van der Waals surface area (Å²) in [5.74, 6) is 1.76. The van der Waals surface area contributed by atoms with Crippen LogP contribution in [0.25, 0.3) is 11.4 Å². The van der Waals surface area contributed by atoms with E-state index >= 15 is 0 Å². The Labute approximate surface area is 167 Å². The average molecular weight is 402 g/mol. The van der Waals surface area contributed by atoms with Crippen molar-refractivity contribution < 1.29 is 18.8 Å². The molecule has 7 nitrogen and oxygen atoms in total. The van der Waals surface area contributed by atoms with E-state index < -0.39 is 0 Å². The number of nitrogens with zero attached hydrogens (tertiary/aromatic N) is 3. The molecule has 0 spiro atoms. The molecule has 1 aromatic heterocycles. The number of ether oxygens (including phenoxy) is 2. The van der Waals surface area contributed by atoms with Crippen LogP contribution >= 0.6 is 11.6 Å². The molecule has 0 fully saturated rings. The lowest BCUT2D eigenvalue weighted by atomic mass is 10.2. The number of carbonyl (C=O) groups is 1.